The van der Waals surface area contributed by atoms with Gasteiger partial charge in [-0.05, 0) is 37.8 Å². The van der Waals surface area contributed by atoms with Gasteiger partial charge in [0.1, 0.15) is 0 Å². The lowest BCUT2D eigenvalue weighted by Crippen LogP contribution is -2.54. The topological polar surface area (TPSA) is 36.0 Å². The molecular formula is C19H25N3O2. The van der Waals surface area contributed by atoms with E-state index in [1.807, 2.05) is 11.8 Å². The summed E-state index contributed by atoms with van der Waals surface area (Å²) in [6.07, 6.45) is 3.49. The van der Waals surface area contributed by atoms with Gasteiger partial charge in [-0.15, -0.1) is 0 Å². The molecule has 5 rings (SSSR count). The summed E-state index contributed by atoms with van der Waals surface area (Å²) >= 11 is 0. The number of rotatable bonds is 1. The number of para-hydroxylation sites is 1. The Hall–Kier alpha value is -1.91. The Bertz CT molecular complexity index is 700. The molecule has 5 heteroatoms. The summed E-state index contributed by atoms with van der Waals surface area (Å²) in [5.41, 5.74) is 4.60. The lowest BCUT2D eigenvalue weighted by Gasteiger charge is -2.45. The third-order valence-electron chi connectivity index (χ3n) is 6.60. The fraction of sp³-hybridized carbons (Fsp3) is 0.632. The second kappa shape index (κ2) is 4.80. The highest BCUT2D eigenvalue weighted by atomic mass is 16.6. The van der Waals surface area contributed by atoms with Crippen LogP contribution in [0.4, 0.5) is 16.2 Å². The maximum Gasteiger partial charge on any atom is 0.409 e. The molecule has 5 nitrogen and oxygen atoms in total. The maximum absolute atomic E-state index is 12.2. The van der Waals surface area contributed by atoms with Gasteiger partial charge in [0.05, 0.1) is 23.5 Å². The number of amides is 1. The maximum atomic E-state index is 12.2. The molecule has 0 N–H and O–H groups in total. The smallest absolute Gasteiger partial charge is 0.409 e. The fourth-order valence-electron chi connectivity index (χ4n) is 5.11. The van der Waals surface area contributed by atoms with Gasteiger partial charge in [-0.1, -0.05) is 12.1 Å². The Kier molecular flexibility index (Phi) is 2.89. The van der Waals surface area contributed by atoms with Gasteiger partial charge in [0.25, 0.3) is 0 Å². The largest absolute Gasteiger partial charge is 0.450 e. The molecule has 1 aromatic rings. The summed E-state index contributed by atoms with van der Waals surface area (Å²) in [5.74, 6) is 0.417. The van der Waals surface area contributed by atoms with Crippen LogP contribution in [0.15, 0.2) is 18.2 Å². The van der Waals surface area contributed by atoms with Crippen molar-refractivity contribution in [2.45, 2.75) is 43.7 Å². The van der Waals surface area contributed by atoms with Crippen LogP contribution in [-0.4, -0.2) is 55.9 Å². The minimum Gasteiger partial charge on any atom is -0.450 e. The second-order valence-corrected chi connectivity index (χ2v) is 7.73. The molecule has 0 radical (unpaired) electrons. The average Bonchev–Trinajstić information content (AvgIpc) is 3.31. The lowest BCUT2D eigenvalue weighted by atomic mass is 9.89. The van der Waals surface area contributed by atoms with Crippen LogP contribution in [-0.2, 0) is 4.74 Å². The number of likely N-dealkylation sites (tertiary alicyclic amines) is 1. The van der Waals surface area contributed by atoms with Crippen LogP contribution in [0.5, 0.6) is 0 Å². The average molecular weight is 327 g/mol. The number of nitrogens with zero attached hydrogens (tertiary/aromatic N) is 3. The summed E-state index contributed by atoms with van der Waals surface area (Å²) in [4.78, 5) is 19.3. The van der Waals surface area contributed by atoms with E-state index in [-0.39, 0.29) is 6.09 Å². The van der Waals surface area contributed by atoms with E-state index >= 15 is 0 Å². The second-order valence-electron chi connectivity index (χ2n) is 7.73. The van der Waals surface area contributed by atoms with E-state index < -0.39 is 0 Å². The molecule has 1 aliphatic carbocycles. The van der Waals surface area contributed by atoms with Crippen LogP contribution >= 0.6 is 0 Å². The van der Waals surface area contributed by atoms with Crippen molar-refractivity contribution in [1.29, 1.82) is 0 Å². The van der Waals surface area contributed by atoms with Crippen molar-refractivity contribution in [3.8, 4) is 0 Å². The number of benzene rings is 1. The lowest BCUT2D eigenvalue weighted by molar-refractivity contribution is 0.0932. The molecule has 3 aliphatic heterocycles. The van der Waals surface area contributed by atoms with Crippen molar-refractivity contribution < 1.29 is 9.53 Å². The Morgan fingerprint density at radius 3 is 2.96 bits per heavy atom. The highest BCUT2D eigenvalue weighted by molar-refractivity contribution is 5.83. The number of hydrogen-bond acceptors (Lipinski definition) is 4. The standard InChI is InChI=1S/C19H25N3O2/c1-3-24-18(23)21-10-7-15-14(11-21)13-5-4-6-16-17(13)22(15)12-19(8-9-19)20(16)2/h4-6,14-15H,3,7-12H2,1-2H3. The zero-order valence-corrected chi connectivity index (χ0v) is 14.5. The van der Waals surface area contributed by atoms with Gasteiger partial charge in [0.2, 0.25) is 0 Å². The van der Waals surface area contributed by atoms with Crippen molar-refractivity contribution in [1.82, 2.24) is 4.90 Å². The third-order valence-corrected chi connectivity index (χ3v) is 6.60. The number of likely N-dealkylation sites (N-methyl/N-ethyl adjacent to an activating group) is 1. The molecule has 4 aliphatic rings. The van der Waals surface area contributed by atoms with Gasteiger partial charge in [0, 0.05) is 38.6 Å². The normalized spacial score (nSPS) is 28.7. The Labute approximate surface area is 143 Å². The van der Waals surface area contributed by atoms with Crippen molar-refractivity contribution in [3.05, 3.63) is 23.8 Å². The summed E-state index contributed by atoms with van der Waals surface area (Å²) in [6.45, 7) is 5.06. The van der Waals surface area contributed by atoms with Gasteiger partial charge in [-0.2, -0.15) is 0 Å². The van der Waals surface area contributed by atoms with Gasteiger partial charge < -0.3 is 19.4 Å². The number of piperidine rings is 1. The molecule has 1 amide bonds. The monoisotopic (exact) mass is 327 g/mol. The Balaban J connectivity index is 1.51. The van der Waals surface area contributed by atoms with Crippen LogP contribution in [0.1, 0.15) is 37.7 Å². The minimum absolute atomic E-state index is 0.155. The third kappa shape index (κ3) is 1.78. The zero-order valence-electron chi connectivity index (χ0n) is 14.5. The zero-order chi connectivity index (χ0) is 16.5. The highest BCUT2D eigenvalue weighted by Crippen LogP contribution is 2.57. The summed E-state index contributed by atoms with van der Waals surface area (Å²) in [5, 5.41) is 0. The molecule has 1 saturated heterocycles. The van der Waals surface area contributed by atoms with Crippen molar-refractivity contribution in [2.75, 3.05) is 43.1 Å². The van der Waals surface area contributed by atoms with Crippen molar-refractivity contribution >= 4 is 17.5 Å². The van der Waals surface area contributed by atoms with E-state index in [1.165, 1.54) is 29.8 Å². The minimum atomic E-state index is -0.155. The van der Waals surface area contributed by atoms with Gasteiger partial charge >= 0.3 is 6.09 Å². The van der Waals surface area contributed by atoms with E-state index in [0.29, 0.717) is 24.1 Å². The molecule has 1 aromatic carbocycles. The molecule has 1 saturated carbocycles. The molecule has 1 spiro atoms. The van der Waals surface area contributed by atoms with Gasteiger partial charge in [-0.3, -0.25) is 0 Å². The predicted molar refractivity (Wildman–Crippen MR) is 93.9 cm³/mol. The molecule has 128 valence electrons. The fourth-order valence-corrected chi connectivity index (χ4v) is 5.11. The van der Waals surface area contributed by atoms with Crippen LogP contribution in [0.3, 0.4) is 0 Å². The number of hydrogen-bond donors (Lipinski definition) is 0. The van der Waals surface area contributed by atoms with E-state index in [0.717, 1.165) is 26.1 Å². The summed E-state index contributed by atoms with van der Waals surface area (Å²) < 4.78 is 5.23. The van der Waals surface area contributed by atoms with E-state index in [9.17, 15) is 4.79 Å². The van der Waals surface area contributed by atoms with Gasteiger partial charge in [-0.25, -0.2) is 4.79 Å². The van der Waals surface area contributed by atoms with Crippen LogP contribution in [0.2, 0.25) is 0 Å². The van der Waals surface area contributed by atoms with Crippen LogP contribution in [0.25, 0.3) is 0 Å². The van der Waals surface area contributed by atoms with Crippen molar-refractivity contribution in [2.24, 2.45) is 0 Å². The summed E-state index contributed by atoms with van der Waals surface area (Å²) in [7, 11) is 2.26. The molecule has 0 bridgehead atoms. The number of carbonyl (C=O) groups excluding carboxylic acids is 1. The quantitative estimate of drug-likeness (QED) is 0.795. The number of ether oxygens (including phenoxy) is 1. The van der Waals surface area contributed by atoms with E-state index in [2.05, 4.69) is 35.0 Å². The predicted octanol–water partition coefficient (Wildman–Crippen LogP) is 2.80. The number of anilines is 2. The van der Waals surface area contributed by atoms with Crippen molar-refractivity contribution in [3.63, 3.8) is 0 Å². The highest BCUT2D eigenvalue weighted by Gasteiger charge is 2.56. The van der Waals surface area contributed by atoms with Crippen LogP contribution < -0.4 is 9.80 Å². The van der Waals surface area contributed by atoms with E-state index in [4.69, 9.17) is 4.74 Å². The SMILES string of the molecule is CCOC(=O)N1CCC2C(C1)c1cccc3c1N2CC1(CC1)N3C. The first-order valence-corrected chi connectivity index (χ1v) is 9.20. The first kappa shape index (κ1) is 14.4. The molecule has 3 heterocycles. The number of carbonyl (C=O) groups is 1. The molecule has 2 atom stereocenters. The Morgan fingerprint density at radius 2 is 2.21 bits per heavy atom. The molecule has 24 heavy (non-hydrogen) atoms. The Morgan fingerprint density at radius 1 is 1.38 bits per heavy atom. The first-order chi connectivity index (χ1) is 11.6. The van der Waals surface area contributed by atoms with E-state index in [1.54, 1.807) is 0 Å². The van der Waals surface area contributed by atoms with Gasteiger partial charge in [0.15, 0.2) is 0 Å². The molecule has 2 fully saturated rings. The first-order valence-electron chi connectivity index (χ1n) is 9.20. The number of fused-ring (bicyclic) bond motifs is 3. The molecular weight excluding hydrogens is 302 g/mol. The van der Waals surface area contributed by atoms with Crippen LogP contribution in [0, 0.1) is 0 Å². The summed E-state index contributed by atoms with van der Waals surface area (Å²) in [6, 6.07) is 7.27. The molecule has 2 unspecified atom stereocenters. The molecule has 0 aromatic heterocycles.